The minimum Gasteiger partial charge on any atom is -0.457 e. The molecule has 4 rings (SSSR count). The van der Waals surface area contributed by atoms with Crippen molar-refractivity contribution in [3.05, 3.63) is 35.9 Å². The van der Waals surface area contributed by atoms with Gasteiger partial charge in [-0.15, -0.1) is 11.8 Å². The van der Waals surface area contributed by atoms with E-state index in [1.165, 1.54) is 28.8 Å². The summed E-state index contributed by atoms with van der Waals surface area (Å²) in [7, 11) is 0. The minimum absolute atomic E-state index is 0.0282. The summed E-state index contributed by atoms with van der Waals surface area (Å²) < 4.78 is 10.8. The Labute approximate surface area is 228 Å². The third-order valence-electron chi connectivity index (χ3n) is 7.58. The van der Waals surface area contributed by atoms with Crippen LogP contribution in [0, 0.1) is 11.8 Å². The van der Waals surface area contributed by atoms with Crippen LogP contribution < -0.4 is 0 Å². The predicted molar refractivity (Wildman–Crippen MR) is 145 cm³/mol. The summed E-state index contributed by atoms with van der Waals surface area (Å²) in [5, 5.41) is 10.2. The molecule has 4 aliphatic heterocycles. The summed E-state index contributed by atoms with van der Waals surface area (Å²) in [6.07, 6.45) is 2.39. The van der Waals surface area contributed by atoms with E-state index in [0.29, 0.717) is 19.5 Å². The summed E-state index contributed by atoms with van der Waals surface area (Å²) in [6.45, 7) is 17.0. The van der Waals surface area contributed by atoms with Gasteiger partial charge in [-0.25, -0.2) is 9.59 Å². The molecule has 2 fully saturated rings. The molecule has 0 aromatic rings. The van der Waals surface area contributed by atoms with Crippen molar-refractivity contribution in [1.82, 2.24) is 14.7 Å². The van der Waals surface area contributed by atoms with Crippen LogP contribution >= 0.6 is 11.8 Å². The standard InChI is InChI=1S/C27H38N4O6S/c1-7-11-36-26(34)22-23(16(5)21-20(17(6)32)25(33)31(21)22)38-18-13-19(24-28-9-10-29(24)15(3)4)30(14-18)27(35)37-12-8-2/h7-8,15-21,32H,1-2,9-14H2,3-6H3. The number of carbonyl (C=O) groups excluding carboxylic acids is 3. The number of nitrogens with zero attached hydrogens (tertiary/aromatic N) is 4. The molecule has 0 bridgehead atoms. The summed E-state index contributed by atoms with van der Waals surface area (Å²) in [5.74, 6) is -0.711. The van der Waals surface area contributed by atoms with Crippen molar-refractivity contribution >= 4 is 35.6 Å². The van der Waals surface area contributed by atoms with Crippen molar-refractivity contribution in [3.8, 4) is 0 Å². The number of ether oxygens (including phenoxy) is 2. The van der Waals surface area contributed by atoms with Gasteiger partial charge >= 0.3 is 12.1 Å². The van der Waals surface area contributed by atoms with Crippen molar-refractivity contribution in [1.29, 1.82) is 0 Å². The monoisotopic (exact) mass is 546 g/mol. The van der Waals surface area contributed by atoms with Gasteiger partial charge in [0.15, 0.2) is 0 Å². The molecule has 0 saturated carbocycles. The smallest absolute Gasteiger partial charge is 0.410 e. The SMILES string of the molecule is C=CCOC(=O)C1=C(SC2CC(C3=NCCN3C(C)C)N(C(=O)OCC=C)C2)C(C)C2C(C(C)O)C(=O)N12. The number of fused-ring (bicyclic) bond motifs is 1. The Morgan fingerprint density at radius 1 is 1.21 bits per heavy atom. The van der Waals surface area contributed by atoms with Gasteiger partial charge in [0, 0.05) is 35.2 Å². The highest BCUT2D eigenvalue weighted by Crippen LogP contribution is 2.52. The van der Waals surface area contributed by atoms with Crippen LogP contribution in [-0.4, -0.2) is 106 Å². The number of amides is 2. The van der Waals surface area contributed by atoms with Crippen LogP contribution in [0.25, 0.3) is 0 Å². The Bertz CT molecular complexity index is 1060. The van der Waals surface area contributed by atoms with Crippen LogP contribution in [0.2, 0.25) is 0 Å². The largest absolute Gasteiger partial charge is 0.457 e. The highest BCUT2D eigenvalue weighted by atomic mass is 32.2. The molecule has 10 nitrogen and oxygen atoms in total. The van der Waals surface area contributed by atoms with Gasteiger partial charge in [0.05, 0.1) is 30.7 Å². The minimum atomic E-state index is -0.825. The van der Waals surface area contributed by atoms with Gasteiger partial charge in [-0.2, -0.15) is 0 Å². The number of aliphatic imine (C=N–C) groups is 1. The molecule has 0 aliphatic carbocycles. The molecule has 6 unspecified atom stereocenters. The maximum Gasteiger partial charge on any atom is 0.410 e. The highest BCUT2D eigenvalue weighted by Gasteiger charge is 2.60. The molecular weight excluding hydrogens is 508 g/mol. The van der Waals surface area contributed by atoms with Gasteiger partial charge in [-0.05, 0) is 27.2 Å². The summed E-state index contributed by atoms with van der Waals surface area (Å²) in [5.41, 5.74) is 0.238. The van der Waals surface area contributed by atoms with Gasteiger partial charge in [0.2, 0.25) is 5.91 Å². The lowest BCUT2D eigenvalue weighted by molar-refractivity contribution is -0.164. The Balaban J connectivity index is 1.62. The second-order valence-corrected chi connectivity index (χ2v) is 11.7. The second-order valence-electron chi connectivity index (χ2n) is 10.4. The van der Waals surface area contributed by atoms with Crippen molar-refractivity contribution in [3.63, 3.8) is 0 Å². The summed E-state index contributed by atoms with van der Waals surface area (Å²) >= 11 is 1.51. The van der Waals surface area contributed by atoms with E-state index >= 15 is 0 Å². The highest BCUT2D eigenvalue weighted by molar-refractivity contribution is 8.03. The number of likely N-dealkylation sites (tertiary alicyclic amines) is 1. The second kappa shape index (κ2) is 11.5. The number of aliphatic hydroxyl groups excluding tert-OH is 1. The number of hydrogen-bond donors (Lipinski definition) is 1. The van der Waals surface area contributed by atoms with Crippen LogP contribution in [0.4, 0.5) is 4.79 Å². The maximum atomic E-state index is 13.1. The molecule has 4 aliphatic rings. The Kier molecular flexibility index (Phi) is 8.56. The lowest BCUT2D eigenvalue weighted by Gasteiger charge is -2.46. The first-order valence-corrected chi connectivity index (χ1v) is 14.1. The van der Waals surface area contributed by atoms with Crippen LogP contribution in [0.1, 0.15) is 34.1 Å². The van der Waals surface area contributed by atoms with E-state index in [9.17, 15) is 19.5 Å². The fourth-order valence-corrected chi connectivity index (χ4v) is 7.41. The molecule has 11 heteroatoms. The lowest BCUT2D eigenvalue weighted by atomic mass is 9.79. The van der Waals surface area contributed by atoms with Gasteiger partial charge in [-0.3, -0.25) is 14.7 Å². The average molecular weight is 547 g/mol. The van der Waals surface area contributed by atoms with Crippen molar-refractivity contribution in [2.45, 2.75) is 63.6 Å². The van der Waals surface area contributed by atoms with Gasteiger partial charge in [0.1, 0.15) is 24.7 Å². The van der Waals surface area contributed by atoms with Crippen LogP contribution in [0.3, 0.4) is 0 Å². The average Bonchev–Trinajstić information content (AvgIpc) is 3.57. The molecule has 1 N–H and O–H groups in total. The number of β-lactam (4-membered cyclic amide) rings is 1. The van der Waals surface area contributed by atoms with Crippen LogP contribution in [0.15, 0.2) is 40.9 Å². The van der Waals surface area contributed by atoms with Crippen molar-refractivity contribution in [2.24, 2.45) is 16.8 Å². The predicted octanol–water partition coefficient (Wildman–Crippen LogP) is 2.41. The van der Waals surface area contributed by atoms with Crippen LogP contribution in [-0.2, 0) is 19.1 Å². The number of hydrogen-bond acceptors (Lipinski definition) is 9. The zero-order chi connectivity index (χ0) is 27.7. The van der Waals surface area contributed by atoms with E-state index < -0.39 is 24.1 Å². The third kappa shape index (κ3) is 4.98. The first-order chi connectivity index (χ1) is 18.1. The fourth-order valence-electron chi connectivity index (χ4n) is 5.89. The quantitative estimate of drug-likeness (QED) is 0.253. The van der Waals surface area contributed by atoms with Crippen molar-refractivity contribution < 1.29 is 29.0 Å². The zero-order valence-electron chi connectivity index (χ0n) is 22.5. The number of esters is 1. The van der Waals surface area contributed by atoms with Gasteiger partial charge in [-0.1, -0.05) is 32.2 Å². The third-order valence-corrected chi connectivity index (χ3v) is 9.07. The molecule has 2 amide bonds. The summed E-state index contributed by atoms with van der Waals surface area (Å²) in [4.78, 5) is 50.1. The number of carbonyl (C=O) groups is 3. The van der Waals surface area contributed by atoms with E-state index in [1.807, 2.05) is 6.92 Å². The molecule has 2 saturated heterocycles. The number of thioether (sulfide) groups is 1. The molecule has 0 radical (unpaired) electrons. The molecule has 0 aromatic carbocycles. The summed E-state index contributed by atoms with van der Waals surface area (Å²) in [6, 6.07) is -0.325. The lowest BCUT2D eigenvalue weighted by Crippen LogP contribution is -2.63. The van der Waals surface area contributed by atoms with E-state index in [0.717, 1.165) is 17.3 Å². The fraction of sp³-hybridized carbons (Fsp3) is 0.630. The zero-order valence-corrected chi connectivity index (χ0v) is 23.4. The normalized spacial score (nSPS) is 29.3. The van der Waals surface area contributed by atoms with E-state index in [-0.39, 0.29) is 54.1 Å². The van der Waals surface area contributed by atoms with Gasteiger partial charge < -0.3 is 24.4 Å². The first kappa shape index (κ1) is 28.2. The van der Waals surface area contributed by atoms with Gasteiger partial charge in [0.25, 0.3) is 0 Å². The van der Waals surface area contributed by atoms with E-state index in [4.69, 9.17) is 14.5 Å². The van der Waals surface area contributed by atoms with E-state index in [2.05, 4.69) is 31.9 Å². The molecule has 0 spiro atoms. The Morgan fingerprint density at radius 3 is 2.53 bits per heavy atom. The Morgan fingerprint density at radius 2 is 1.89 bits per heavy atom. The molecular formula is C27H38N4O6S. The number of amidine groups is 1. The number of rotatable bonds is 10. The number of aliphatic hydroxyl groups is 1. The first-order valence-electron chi connectivity index (χ1n) is 13.2. The Hall–Kier alpha value is -2.79. The molecule has 208 valence electrons. The maximum absolute atomic E-state index is 13.1. The van der Waals surface area contributed by atoms with Crippen molar-refractivity contribution in [2.75, 3.05) is 32.8 Å². The molecule has 4 heterocycles. The molecule has 38 heavy (non-hydrogen) atoms. The van der Waals surface area contributed by atoms with E-state index in [1.54, 1.807) is 11.8 Å². The molecule has 6 atom stereocenters. The van der Waals surface area contributed by atoms with Crippen LogP contribution in [0.5, 0.6) is 0 Å². The topological polar surface area (TPSA) is 112 Å². The molecule has 0 aromatic heterocycles.